The number of hydrogen-bond acceptors (Lipinski definition) is 3. The summed E-state index contributed by atoms with van der Waals surface area (Å²) < 4.78 is 8.41. The summed E-state index contributed by atoms with van der Waals surface area (Å²) in [6.07, 6.45) is 3.07. The summed E-state index contributed by atoms with van der Waals surface area (Å²) >= 11 is 0. The van der Waals surface area contributed by atoms with Crippen LogP contribution in [-0.4, -0.2) is 28.6 Å². The molecule has 3 aromatic carbocycles. The minimum Gasteiger partial charge on any atom is -0.493 e. The molecule has 5 nitrogen and oxygen atoms in total. The fraction of sp³-hybridized carbons (Fsp3) is 0.355. The standard InChI is InChI=1S/C31H37N3O2/c1-23(2)26-14-6-9-17-29(26)36-21-11-10-20-34-28-16-8-7-15-27(28)33-30(34)18-19-32-31(35)22-25-13-5-4-12-24(25)3/h4-9,12-17,23H,10-11,18-22H2,1-3H3,(H,32,35). The summed E-state index contributed by atoms with van der Waals surface area (Å²) in [5, 5.41) is 3.08. The van der Waals surface area contributed by atoms with Gasteiger partial charge in [-0.1, -0.05) is 68.4 Å². The number of unbranched alkanes of at least 4 members (excludes halogenated alkanes) is 1. The average molecular weight is 484 g/mol. The SMILES string of the molecule is Cc1ccccc1CC(=O)NCCc1nc2ccccc2n1CCCCOc1ccccc1C(C)C. The molecule has 1 heterocycles. The monoisotopic (exact) mass is 483 g/mol. The largest absolute Gasteiger partial charge is 0.493 e. The maximum atomic E-state index is 12.5. The van der Waals surface area contributed by atoms with E-state index in [0.717, 1.165) is 53.1 Å². The topological polar surface area (TPSA) is 56.2 Å². The highest BCUT2D eigenvalue weighted by atomic mass is 16.5. The first kappa shape index (κ1) is 25.5. The molecule has 4 aromatic rings. The van der Waals surface area contributed by atoms with Crippen molar-refractivity contribution in [1.29, 1.82) is 0 Å². The third kappa shape index (κ3) is 6.54. The van der Waals surface area contributed by atoms with Crippen LogP contribution in [0.1, 0.15) is 55.1 Å². The highest BCUT2D eigenvalue weighted by Crippen LogP contribution is 2.26. The minimum atomic E-state index is 0.0470. The van der Waals surface area contributed by atoms with Gasteiger partial charge in [0.15, 0.2) is 0 Å². The third-order valence-electron chi connectivity index (χ3n) is 6.59. The second kappa shape index (κ2) is 12.4. The van der Waals surface area contributed by atoms with Crippen molar-refractivity contribution in [3.8, 4) is 5.75 Å². The van der Waals surface area contributed by atoms with Crippen molar-refractivity contribution >= 4 is 16.9 Å². The zero-order chi connectivity index (χ0) is 25.3. The molecule has 0 atom stereocenters. The number of carbonyl (C=O) groups is 1. The third-order valence-corrected chi connectivity index (χ3v) is 6.59. The predicted octanol–water partition coefficient (Wildman–Crippen LogP) is 6.23. The Bertz CT molecular complexity index is 1290. The summed E-state index contributed by atoms with van der Waals surface area (Å²) in [6, 6.07) is 24.6. The summed E-state index contributed by atoms with van der Waals surface area (Å²) in [6.45, 7) is 8.57. The highest BCUT2D eigenvalue weighted by molar-refractivity contribution is 5.79. The van der Waals surface area contributed by atoms with Gasteiger partial charge >= 0.3 is 0 Å². The van der Waals surface area contributed by atoms with Crippen molar-refractivity contribution in [1.82, 2.24) is 14.9 Å². The van der Waals surface area contributed by atoms with Crippen molar-refractivity contribution < 1.29 is 9.53 Å². The highest BCUT2D eigenvalue weighted by Gasteiger charge is 2.12. The van der Waals surface area contributed by atoms with Gasteiger partial charge in [0.25, 0.3) is 0 Å². The van der Waals surface area contributed by atoms with Crippen molar-refractivity contribution in [2.45, 2.75) is 58.9 Å². The Kier molecular flexibility index (Phi) is 8.77. The molecule has 188 valence electrons. The van der Waals surface area contributed by atoms with Gasteiger partial charge in [-0.3, -0.25) is 4.79 Å². The number of nitrogens with zero attached hydrogens (tertiary/aromatic N) is 2. The Morgan fingerprint density at radius 2 is 1.72 bits per heavy atom. The lowest BCUT2D eigenvalue weighted by molar-refractivity contribution is -0.120. The molecular weight excluding hydrogens is 446 g/mol. The Balaban J connectivity index is 1.31. The van der Waals surface area contributed by atoms with Crippen LogP contribution in [0.5, 0.6) is 5.75 Å². The minimum absolute atomic E-state index is 0.0470. The molecule has 0 radical (unpaired) electrons. The van der Waals surface area contributed by atoms with Crippen LogP contribution in [0.2, 0.25) is 0 Å². The van der Waals surface area contributed by atoms with E-state index in [4.69, 9.17) is 9.72 Å². The molecular formula is C31H37N3O2. The Labute approximate surface area is 214 Å². The van der Waals surface area contributed by atoms with E-state index in [1.165, 1.54) is 5.56 Å². The second-order valence-electron chi connectivity index (χ2n) is 9.62. The first-order valence-electron chi connectivity index (χ1n) is 13.0. The van der Waals surface area contributed by atoms with Crippen LogP contribution in [0.15, 0.2) is 72.8 Å². The molecule has 0 aliphatic heterocycles. The van der Waals surface area contributed by atoms with Gasteiger partial charge in [0.05, 0.1) is 24.1 Å². The zero-order valence-corrected chi connectivity index (χ0v) is 21.7. The maximum absolute atomic E-state index is 12.5. The molecule has 0 aliphatic rings. The molecule has 36 heavy (non-hydrogen) atoms. The van der Waals surface area contributed by atoms with Crippen LogP contribution < -0.4 is 10.1 Å². The predicted molar refractivity (Wildman–Crippen MR) is 147 cm³/mol. The van der Waals surface area contributed by atoms with Crippen LogP contribution in [0.3, 0.4) is 0 Å². The van der Waals surface area contributed by atoms with Crippen molar-refractivity contribution in [3.05, 3.63) is 95.3 Å². The molecule has 0 aliphatic carbocycles. The molecule has 1 aromatic heterocycles. The molecule has 4 rings (SSSR count). The molecule has 0 spiro atoms. The summed E-state index contributed by atoms with van der Waals surface area (Å²) in [4.78, 5) is 17.4. The van der Waals surface area contributed by atoms with Crippen LogP contribution >= 0.6 is 0 Å². The second-order valence-corrected chi connectivity index (χ2v) is 9.62. The number of aryl methyl sites for hydroxylation is 2. The summed E-state index contributed by atoms with van der Waals surface area (Å²) in [5.74, 6) is 2.49. The maximum Gasteiger partial charge on any atom is 0.224 e. The van der Waals surface area contributed by atoms with Crippen LogP contribution in [0, 0.1) is 6.92 Å². The van der Waals surface area contributed by atoms with Gasteiger partial charge < -0.3 is 14.6 Å². The number of rotatable bonds is 12. The van der Waals surface area contributed by atoms with E-state index in [1.807, 2.05) is 43.3 Å². The van der Waals surface area contributed by atoms with Crippen molar-refractivity contribution in [3.63, 3.8) is 0 Å². The summed E-state index contributed by atoms with van der Waals surface area (Å²) in [7, 11) is 0. The van der Waals surface area contributed by atoms with E-state index in [1.54, 1.807) is 0 Å². The fourth-order valence-electron chi connectivity index (χ4n) is 4.57. The van der Waals surface area contributed by atoms with E-state index in [2.05, 4.69) is 60.1 Å². The van der Waals surface area contributed by atoms with Crippen molar-refractivity contribution in [2.75, 3.05) is 13.2 Å². The quantitative estimate of drug-likeness (QED) is 0.243. The van der Waals surface area contributed by atoms with Gasteiger partial charge in [-0.05, 0) is 60.6 Å². The van der Waals surface area contributed by atoms with Gasteiger partial charge in [-0.2, -0.15) is 0 Å². The van der Waals surface area contributed by atoms with Gasteiger partial charge in [0.2, 0.25) is 5.91 Å². The van der Waals surface area contributed by atoms with Gasteiger partial charge in [-0.25, -0.2) is 4.98 Å². The number of amides is 1. The lowest BCUT2D eigenvalue weighted by atomic mass is 10.0. The smallest absolute Gasteiger partial charge is 0.224 e. The van der Waals surface area contributed by atoms with E-state index in [0.29, 0.717) is 31.9 Å². The lowest BCUT2D eigenvalue weighted by Gasteiger charge is -2.14. The van der Waals surface area contributed by atoms with E-state index in [9.17, 15) is 4.79 Å². The normalized spacial score (nSPS) is 11.2. The number of aromatic nitrogens is 2. The number of ether oxygens (including phenoxy) is 1. The van der Waals surface area contributed by atoms with Gasteiger partial charge in [-0.15, -0.1) is 0 Å². The number of fused-ring (bicyclic) bond motifs is 1. The molecule has 1 amide bonds. The molecule has 0 fully saturated rings. The molecule has 1 N–H and O–H groups in total. The Morgan fingerprint density at radius 1 is 0.972 bits per heavy atom. The van der Waals surface area contributed by atoms with E-state index >= 15 is 0 Å². The first-order chi connectivity index (χ1) is 17.5. The molecule has 0 saturated heterocycles. The number of hydrogen-bond donors (Lipinski definition) is 1. The van der Waals surface area contributed by atoms with Crippen LogP contribution in [-0.2, 0) is 24.2 Å². The number of carbonyl (C=O) groups excluding carboxylic acids is 1. The molecule has 0 saturated carbocycles. The Morgan fingerprint density at radius 3 is 2.56 bits per heavy atom. The van der Waals surface area contributed by atoms with Crippen molar-refractivity contribution in [2.24, 2.45) is 0 Å². The molecule has 0 unspecified atom stereocenters. The van der Waals surface area contributed by atoms with Crippen LogP contribution in [0.4, 0.5) is 0 Å². The first-order valence-corrected chi connectivity index (χ1v) is 13.0. The Hall–Kier alpha value is -3.60. The van der Waals surface area contributed by atoms with E-state index in [-0.39, 0.29) is 5.91 Å². The van der Waals surface area contributed by atoms with Crippen LogP contribution in [0.25, 0.3) is 11.0 Å². The van der Waals surface area contributed by atoms with Gasteiger partial charge in [0, 0.05) is 19.5 Å². The van der Waals surface area contributed by atoms with E-state index < -0.39 is 0 Å². The fourth-order valence-corrected chi connectivity index (χ4v) is 4.57. The summed E-state index contributed by atoms with van der Waals surface area (Å²) in [5.41, 5.74) is 5.61. The number of nitrogens with one attached hydrogen (secondary N) is 1. The molecule has 0 bridgehead atoms. The lowest BCUT2D eigenvalue weighted by Crippen LogP contribution is -2.28. The molecule has 5 heteroatoms. The number of benzene rings is 3. The number of para-hydroxylation sites is 3. The number of imidazole rings is 1. The zero-order valence-electron chi connectivity index (χ0n) is 21.7. The van der Waals surface area contributed by atoms with Gasteiger partial charge in [0.1, 0.15) is 11.6 Å². The average Bonchev–Trinajstić information content (AvgIpc) is 3.22.